The van der Waals surface area contributed by atoms with Gasteiger partial charge in [0.15, 0.2) is 0 Å². The number of rotatable bonds is 3. The lowest BCUT2D eigenvalue weighted by Crippen LogP contribution is -2.02. The molecule has 0 unspecified atom stereocenters. The van der Waals surface area contributed by atoms with Gasteiger partial charge in [0.1, 0.15) is 0 Å². The predicted octanol–water partition coefficient (Wildman–Crippen LogP) is 3.42. The number of carbonyl (C=O) groups is 1. The van der Waals surface area contributed by atoms with Gasteiger partial charge in [-0.2, -0.15) is 0 Å². The summed E-state index contributed by atoms with van der Waals surface area (Å²) in [6.07, 6.45) is 1.52. The highest BCUT2D eigenvalue weighted by molar-refractivity contribution is 6.33. The highest BCUT2D eigenvalue weighted by atomic mass is 35.5. The van der Waals surface area contributed by atoms with E-state index >= 15 is 0 Å². The number of pyridine rings is 1. The number of aromatic carboxylic acids is 1. The largest absolute Gasteiger partial charge is 0.481 e. The van der Waals surface area contributed by atoms with Gasteiger partial charge in [0.05, 0.1) is 17.7 Å². The minimum Gasteiger partial charge on any atom is -0.481 e. The van der Waals surface area contributed by atoms with Crippen LogP contribution in [0.3, 0.4) is 0 Å². The lowest BCUT2D eigenvalue weighted by atomic mass is 9.96. The van der Waals surface area contributed by atoms with E-state index in [0.717, 1.165) is 5.56 Å². The third-order valence-corrected chi connectivity index (χ3v) is 3.12. The van der Waals surface area contributed by atoms with Crippen molar-refractivity contribution in [2.45, 2.75) is 6.92 Å². The molecule has 2 aromatic rings. The summed E-state index contributed by atoms with van der Waals surface area (Å²) in [6.45, 7) is 1.84. The number of carboxylic acids is 1. The average Bonchev–Trinajstić information content (AvgIpc) is 2.38. The number of benzene rings is 1. The van der Waals surface area contributed by atoms with Gasteiger partial charge in [-0.25, -0.2) is 9.78 Å². The van der Waals surface area contributed by atoms with Crippen molar-refractivity contribution in [2.75, 3.05) is 7.11 Å². The Morgan fingerprint density at radius 2 is 2.16 bits per heavy atom. The molecular formula is C14H12ClNO3. The maximum atomic E-state index is 11.3. The molecule has 98 valence electrons. The molecule has 0 aliphatic carbocycles. The summed E-state index contributed by atoms with van der Waals surface area (Å²) in [4.78, 5) is 15.4. The van der Waals surface area contributed by atoms with E-state index in [4.69, 9.17) is 16.3 Å². The van der Waals surface area contributed by atoms with Crippen LogP contribution in [0.5, 0.6) is 5.88 Å². The van der Waals surface area contributed by atoms with Crippen LogP contribution < -0.4 is 4.74 Å². The van der Waals surface area contributed by atoms with Crippen molar-refractivity contribution in [1.29, 1.82) is 0 Å². The number of halogens is 1. The second-order valence-corrected chi connectivity index (χ2v) is 4.42. The Labute approximate surface area is 115 Å². The molecule has 0 atom stereocenters. The molecule has 19 heavy (non-hydrogen) atoms. The van der Waals surface area contributed by atoms with Crippen LogP contribution in [0.1, 0.15) is 15.9 Å². The summed E-state index contributed by atoms with van der Waals surface area (Å²) in [5.74, 6) is -0.607. The molecule has 0 bridgehead atoms. The van der Waals surface area contributed by atoms with E-state index in [0.29, 0.717) is 22.0 Å². The fourth-order valence-corrected chi connectivity index (χ4v) is 2.15. The van der Waals surface area contributed by atoms with Gasteiger partial charge in [-0.05, 0) is 18.6 Å². The number of aromatic nitrogens is 1. The summed E-state index contributed by atoms with van der Waals surface area (Å²) in [5, 5.41) is 9.66. The molecule has 1 N–H and O–H groups in total. The molecule has 0 saturated heterocycles. The van der Waals surface area contributed by atoms with Crippen LogP contribution in [0.15, 0.2) is 30.5 Å². The number of aryl methyl sites for hydroxylation is 1. The Hall–Kier alpha value is -2.07. The fourth-order valence-electron chi connectivity index (χ4n) is 1.91. The third kappa shape index (κ3) is 2.53. The van der Waals surface area contributed by atoms with Gasteiger partial charge >= 0.3 is 5.97 Å². The first-order chi connectivity index (χ1) is 9.04. The lowest BCUT2D eigenvalue weighted by molar-refractivity contribution is 0.0697. The minimum absolute atomic E-state index is 0.203. The van der Waals surface area contributed by atoms with E-state index < -0.39 is 5.97 Å². The van der Waals surface area contributed by atoms with E-state index in [1.807, 2.05) is 13.0 Å². The van der Waals surface area contributed by atoms with Crippen LogP contribution in [0.4, 0.5) is 0 Å². The van der Waals surface area contributed by atoms with Gasteiger partial charge in [0.25, 0.3) is 0 Å². The van der Waals surface area contributed by atoms with Gasteiger partial charge < -0.3 is 9.84 Å². The first-order valence-electron chi connectivity index (χ1n) is 5.57. The zero-order valence-corrected chi connectivity index (χ0v) is 11.2. The Balaban J connectivity index is 2.68. The van der Waals surface area contributed by atoms with Gasteiger partial charge in [0, 0.05) is 23.4 Å². The zero-order valence-electron chi connectivity index (χ0n) is 10.5. The van der Waals surface area contributed by atoms with Crippen molar-refractivity contribution < 1.29 is 14.6 Å². The number of methoxy groups -OCH3 is 1. The molecule has 0 spiro atoms. The standard InChI is InChI=1S/C14H12ClNO3/c1-8-4-3-5-9(14(17)18)13(8)10-7-16-12(19-2)6-11(10)15/h3-7H,1-2H3,(H,17,18). The maximum absolute atomic E-state index is 11.3. The summed E-state index contributed by atoms with van der Waals surface area (Å²) in [6, 6.07) is 6.65. The fraction of sp³-hybridized carbons (Fsp3) is 0.143. The van der Waals surface area contributed by atoms with E-state index in [9.17, 15) is 9.90 Å². The molecule has 0 saturated carbocycles. The van der Waals surface area contributed by atoms with Crippen LogP contribution in [0.2, 0.25) is 5.02 Å². The SMILES string of the molecule is COc1cc(Cl)c(-c2c(C)cccc2C(=O)O)cn1. The second-order valence-electron chi connectivity index (χ2n) is 4.01. The van der Waals surface area contributed by atoms with E-state index in [1.165, 1.54) is 13.3 Å². The maximum Gasteiger partial charge on any atom is 0.336 e. The smallest absolute Gasteiger partial charge is 0.336 e. The predicted molar refractivity (Wildman–Crippen MR) is 72.9 cm³/mol. The van der Waals surface area contributed by atoms with Crippen molar-refractivity contribution in [3.8, 4) is 17.0 Å². The summed E-state index contributed by atoms with van der Waals surface area (Å²) >= 11 is 6.18. The zero-order chi connectivity index (χ0) is 14.0. The Bertz CT molecular complexity index is 641. The molecule has 2 rings (SSSR count). The van der Waals surface area contributed by atoms with Crippen molar-refractivity contribution in [1.82, 2.24) is 4.98 Å². The van der Waals surface area contributed by atoms with Gasteiger partial charge in [0.2, 0.25) is 5.88 Å². The summed E-state index contributed by atoms with van der Waals surface area (Å²) < 4.78 is 4.98. The number of nitrogens with zero attached hydrogens (tertiary/aromatic N) is 1. The molecule has 0 radical (unpaired) electrons. The first-order valence-corrected chi connectivity index (χ1v) is 5.95. The van der Waals surface area contributed by atoms with Gasteiger partial charge in [-0.3, -0.25) is 0 Å². The number of hydrogen-bond acceptors (Lipinski definition) is 3. The quantitative estimate of drug-likeness (QED) is 0.934. The molecule has 4 nitrogen and oxygen atoms in total. The summed E-state index contributed by atoms with van der Waals surface area (Å²) in [5.41, 5.74) is 2.19. The molecule has 0 fully saturated rings. The molecule has 5 heteroatoms. The minimum atomic E-state index is -0.995. The van der Waals surface area contributed by atoms with Gasteiger partial charge in [-0.1, -0.05) is 23.7 Å². The van der Waals surface area contributed by atoms with E-state index in [1.54, 1.807) is 18.2 Å². The van der Waals surface area contributed by atoms with Crippen molar-refractivity contribution in [2.24, 2.45) is 0 Å². The van der Waals surface area contributed by atoms with Crippen LogP contribution >= 0.6 is 11.6 Å². The average molecular weight is 278 g/mol. The highest BCUT2D eigenvalue weighted by Crippen LogP contribution is 2.34. The molecule has 0 aliphatic heterocycles. The summed E-state index contributed by atoms with van der Waals surface area (Å²) in [7, 11) is 1.49. The number of carboxylic acid groups (broad SMARTS) is 1. The molecule has 0 aliphatic rings. The van der Waals surface area contributed by atoms with Crippen molar-refractivity contribution in [3.63, 3.8) is 0 Å². The number of hydrogen-bond donors (Lipinski definition) is 1. The number of ether oxygens (including phenoxy) is 1. The van der Waals surface area contributed by atoms with Gasteiger partial charge in [-0.15, -0.1) is 0 Å². The normalized spacial score (nSPS) is 10.3. The van der Waals surface area contributed by atoms with Crippen molar-refractivity contribution in [3.05, 3.63) is 46.6 Å². The molecule has 0 amide bonds. The lowest BCUT2D eigenvalue weighted by Gasteiger charge is -2.12. The Morgan fingerprint density at radius 3 is 2.74 bits per heavy atom. The molecular weight excluding hydrogens is 266 g/mol. The molecule has 1 aromatic heterocycles. The molecule has 1 aromatic carbocycles. The van der Waals surface area contributed by atoms with Crippen LogP contribution in [0.25, 0.3) is 11.1 Å². The third-order valence-electron chi connectivity index (χ3n) is 2.81. The van der Waals surface area contributed by atoms with E-state index in [-0.39, 0.29) is 5.56 Å². The second kappa shape index (κ2) is 5.28. The first kappa shape index (κ1) is 13.4. The Morgan fingerprint density at radius 1 is 1.42 bits per heavy atom. The van der Waals surface area contributed by atoms with Crippen molar-refractivity contribution >= 4 is 17.6 Å². The van der Waals surface area contributed by atoms with Crippen LogP contribution in [-0.4, -0.2) is 23.2 Å². The Kier molecular flexibility index (Phi) is 3.71. The highest BCUT2D eigenvalue weighted by Gasteiger charge is 2.16. The molecule has 1 heterocycles. The van der Waals surface area contributed by atoms with Crippen LogP contribution in [0, 0.1) is 6.92 Å². The van der Waals surface area contributed by atoms with Crippen LogP contribution in [-0.2, 0) is 0 Å². The van der Waals surface area contributed by atoms with E-state index in [2.05, 4.69) is 4.98 Å². The monoisotopic (exact) mass is 277 g/mol. The topological polar surface area (TPSA) is 59.4 Å².